The summed E-state index contributed by atoms with van der Waals surface area (Å²) in [5.74, 6) is -0.224. The van der Waals surface area contributed by atoms with Crippen LogP contribution in [0.3, 0.4) is 0 Å². The number of alkyl carbamates (subject to hydrolysis) is 2. The lowest BCUT2D eigenvalue weighted by atomic mass is 10.2. The zero-order chi connectivity index (χ0) is 26.3. The fourth-order valence-corrected chi connectivity index (χ4v) is 3.01. The quantitative estimate of drug-likeness (QED) is 0.240. The monoisotopic (exact) mass is 493 g/mol. The summed E-state index contributed by atoms with van der Waals surface area (Å²) in [4.78, 5) is 37.9. The van der Waals surface area contributed by atoms with Crippen molar-refractivity contribution in [2.75, 3.05) is 32.7 Å². The van der Waals surface area contributed by atoms with Crippen LogP contribution >= 0.6 is 0 Å². The number of carbonyl (C=O) groups excluding carboxylic acids is 3. The Hall–Kier alpha value is -2.81. The van der Waals surface area contributed by atoms with E-state index in [1.165, 1.54) is 0 Å². The van der Waals surface area contributed by atoms with E-state index in [4.69, 9.17) is 14.2 Å². The van der Waals surface area contributed by atoms with E-state index < -0.39 is 23.4 Å². The van der Waals surface area contributed by atoms with Gasteiger partial charge in [0.15, 0.2) is 0 Å². The standard InChI is InChI=1S/C26H43N3O6/c1-25(2,3)34-23(31)27-15-18-29(19-16-28-24(32)35-26(4,5)6)17-11-10-14-22(30)33-20-21-12-8-7-9-13-21/h7-9,12-13H,10-11,14-20H2,1-6H3,(H,27,31)(H,28,32). The molecule has 0 fully saturated rings. The molecule has 0 heterocycles. The van der Waals surface area contributed by atoms with Gasteiger partial charge in [-0.05, 0) is 66.5 Å². The van der Waals surface area contributed by atoms with Gasteiger partial charge in [0, 0.05) is 32.6 Å². The maximum absolute atomic E-state index is 12.0. The van der Waals surface area contributed by atoms with Gasteiger partial charge in [0.2, 0.25) is 0 Å². The van der Waals surface area contributed by atoms with Crippen LogP contribution in [-0.2, 0) is 25.6 Å². The summed E-state index contributed by atoms with van der Waals surface area (Å²) in [6, 6.07) is 9.58. The van der Waals surface area contributed by atoms with Crippen molar-refractivity contribution in [3.8, 4) is 0 Å². The van der Waals surface area contributed by atoms with Gasteiger partial charge in [-0.15, -0.1) is 0 Å². The van der Waals surface area contributed by atoms with Crippen LogP contribution in [0.2, 0.25) is 0 Å². The molecule has 2 amide bonds. The summed E-state index contributed by atoms with van der Waals surface area (Å²) in [5.41, 5.74) is -0.158. The summed E-state index contributed by atoms with van der Waals surface area (Å²) in [7, 11) is 0. The average Bonchev–Trinajstić information content (AvgIpc) is 2.73. The Labute approximate surface area is 209 Å². The molecule has 0 radical (unpaired) electrons. The fourth-order valence-electron chi connectivity index (χ4n) is 3.01. The van der Waals surface area contributed by atoms with Crippen molar-refractivity contribution in [2.45, 2.75) is 78.6 Å². The summed E-state index contributed by atoms with van der Waals surface area (Å²) >= 11 is 0. The fraction of sp³-hybridized carbons (Fsp3) is 0.654. The number of hydrogen-bond donors (Lipinski definition) is 2. The van der Waals surface area contributed by atoms with Gasteiger partial charge in [0.1, 0.15) is 17.8 Å². The molecule has 1 aromatic rings. The van der Waals surface area contributed by atoms with E-state index >= 15 is 0 Å². The van der Waals surface area contributed by atoms with Crippen LogP contribution < -0.4 is 10.6 Å². The van der Waals surface area contributed by atoms with Crippen LogP contribution in [0.4, 0.5) is 9.59 Å². The van der Waals surface area contributed by atoms with E-state index in [1.54, 1.807) is 0 Å². The van der Waals surface area contributed by atoms with Crippen LogP contribution in [0.25, 0.3) is 0 Å². The number of ether oxygens (including phenoxy) is 3. The van der Waals surface area contributed by atoms with Gasteiger partial charge in [0.25, 0.3) is 0 Å². The van der Waals surface area contributed by atoms with E-state index in [2.05, 4.69) is 15.5 Å². The molecular weight excluding hydrogens is 450 g/mol. The molecule has 0 saturated heterocycles. The highest BCUT2D eigenvalue weighted by Crippen LogP contribution is 2.08. The predicted octanol–water partition coefficient (Wildman–Crippen LogP) is 4.25. The highest BCUT2D eigenvalue weighted by molar-refractivity contribution is 5.69. The lowest BCUT2D eigenvalue weighted by molar-refractivity contribution is -0.145. The second-order valence-corrected chi connectivity index (χ2v) is 10.3. The van der Waals surface area contributed by atoms with E-state index in [9.17, 15) is 14.4 Å². The lowest BCUT2D eigenvalue weighted by Crippen LogP contribution is -2.42. The Balaban J connectivity index is 2.40. The number of hydrogen-bond acceptors (Lipinski definition) is 7. The molecule has 0 unspecified atom stereocenters. The van der Waals surface area contributed by atoms with E-state index in [1.807, 2.05) is 71.9 Å². The summed E-state index contributed by atoms with van der Waals surface area (Å²) in [6.07, 6.45) is 0.867. The number of esters is 1. The predicted molar refractivity (Wildman–Crippen MR) is 135 cm³/mol. The minimum Gasteiger partial charge on any atom is -0.461 e. The number of unbranched alkanes of at least 4 members (excludes halogenated alkanes) is 1. The van der Waals surface area contributed by atoms with Crippen molar-refractivity contribution in [1.82, 2.24) is 15.5 Å². The highest BCUT2D eigenvalue weighted by Gasteiger charge is 2.17. The molecule has 9 heteroatoms. The van der Waals surface area contributed by atoms with E-state index in [-0.39, 0.29) is 12.6 Å². The van der Waals surface area contributed by atoms with Crippen molar-refractivity contribution in [1.29, 1.82) is 0 Å². The van der Waals surface area contributed by atoms with Crippen molar-refractivity contribution in [3.63, 3.8) is 0 Å². The van der Waals surface area contributed by atoms with Gasteiger partial charge in [-0.25, -0.2) is 9.59 Å². The molecule has 1 aromatic carbocycles. The molecule has 2 N–H and O–H groups in total. The topological polar surface area (TPSA) is 106 Å². The largest absolute Gasteiger partial charge is 0.461 e. The Morgan fingerprint density at radius 1 is 0.771 bits per heavy atom. The van der Waals surface area contributed by atoms with Crippen LogP contribution in [-0.4, -0.2) is 67.0 Å². The van der Waals surface area contributed by atoms with Gasteiger partial charge >= 0.3 is 18.2 Å². The SMILES string of the molecule is CC(C)(C)OC(=O)NCCN(CCCCC(=O)OCc1ccccc1)CCNC(=O)OC(C)(C)C. The Morgan fingerprint density at radius 3 is 1.77 bits per heavy atom. The molecule has 0 atom stereocenters. The Kier molecular flexibility index (Phi) is 13.2. The molecule has 0 aromatic heterocycles. The molecule has 35 heavy (non-hydrogen) atoms. The third-order valence-corrected chi connectivity index (χ3v) is 4.54. The van der Waals surface area contributed by atoms with Gasteiger partial charge in [-0.3, -0.25) is 9.69 Å². The van der Waals surface area contributed by atoms with Crippen molar-refractivity contribution < 1.29 is 28.6 Å². The average molecular weight is 494 g/mol. The molecular formula is C26H43N3O6. The maximum atomic E-state index is 12.0. The zero-order valence-electron chi connectivity index (χ0n) is 22.1. The first-order valence-electron chi connectivity index (χ1n) is 12.2. The minimum atomic E-state index is -0.559. The Morgan fingerprint density at radius 2 is 1.29 bits per heavy atom. The first-order chi connectivity index (χ1) is 16.3. The normalized spacial score (nSPS) is 11.6. The summed E-state index contributed by atoms with van der Waals surface area (Å²) < 4.78 is 15.9. The molecule has 0 aliphatic carbocycles. The molecule has 0 aliphatic heterocycles. The second-order valence-electron chi connectivity index (χ2n) is 10.3. The second kappa shape index (κ2) is 15.2. The van der Waals surface area contributed by atoms with E-state index in [0.717, 1.165) is 12.0 Å². The third kappa shape index (κ3) is 17.3. The molecule has 198 valence electrons. The van der Waals surface area contributed by atoms with Gasteiger partial charge < -0.3 is 24.8 Å². The smallest absolute Gasteiger partial charge is 0.407 e. The number of benzene rings is 1. The number of nitrogens with zero attached hydrogens (tertiary/aromatic N) is 1. The number of rotatable bonds is 13. The summed E-state index contributed by atoms with van der Waals surface area (Å²) in [5, 5.41) is 5.50. The summed E-state index contributed by atoms with van der Waals surface area (Å²) in [6.45, 7) is 13.8. The molecule has 0 saturated carbocycles. The lowest BCUT2D eigenvalue weighted by Gasteiger charge is -2.24. The van der Waals surface area contributed by atoms with Gasteiger partial charge in [-0.1, -0.05) is 30.3 Å². The number of amides is 2. The third-order valence-electron chi connectivity index (χ3n) is 4.54. The van der Waals surface area contributed by atoms with Crippen molar-refractivity contribution in [2.24, 2.45) is 0 Å². The van der Waals surface area contributed by atoms with Crippen molar-refractivity contribution >= 4 is 18.2 Å². The maximum Gasteiger partial charge on any atom is 0.407 e. The van der Waals surface area contributed by atoms with Crippen LogP contribution in [0.1, 0.15) is 66.4 Å². The number of nitrogens with one attached hydrogen (secondary N) is 2. The van der Waals surface area contributed by atoms with Crippen LogP contribution in [0.15, 0.2) is 30.3 Å². The Bertz CT molecular complexity index is 738. The molecule has 0 aliphatic rings. The first kappa shape index (κ1) is 30.2. The van der Waals surface area contributed by atoms with Crippen LogP contribution in [0.5, 0.6) is 0 Å². The van der Waals surface area contributed by atoms with Crippen molar-refractivity contribution in [3.05, 3.63) is 35.9 Å². The van der Waals surface area contributed by atoms with Gasteiger partial charge in [-0.2, -0.15) is 0 Å². The first-order valence-corrected chi connectivity index (χ1v) is 12.2. The highest BCUT2D eigenvalue weighted by atomic mass is 16.6. The molecule has 0 bridgehead atoms. The molecule has 1 rings (SSSR count). The van der Waals surface area contributed by atoms with Crippen LogP contribution in [0, 0.1) is 0 Å². The van der Waals surface area contributed by atoms with Gasteiger partial charge in [0.05, 0.1) is 0 Å². The zero-order valence-corrected chi connectivity index (χ0v) is 22.1. The molecule has 0 spiro atoms. The van der Waals surface area contributed by atoms with E-state index in [0.29, 0.717) is 45.6 Å². The minimum absolute atomic E-state index is 0.224. The number of carbonyl (C=O) groups is 3. The molecule has 9 nitrogen and oxygen atoms in total.